The number of benzene rings is 2. The Kier molecular flexibility index (Phi) is 8.65. The molecule has 0 saturated heterocycles. The summed E-state index contributed by atoms with van der Waals surface area (Å²) in [5, 5.41) is 6.99. The molecule has 2 aromatic carbocycles. The molecule has 0 aliphatic carbocycles. The van der Waals surface area contributed by atoms with Gasteiger partial charge in [0.2, 0.25) is 0 Å². The van der Waals surface area contributed by atoms with Gasteiger partial charge in [-0.2, -0.15) is 5.10 Å². The molecule has 0 aliphatic rings. The minimum atomic E-state index is -0.557. The first-order valence-corrected chi connectivity index (χ1v) is 11.4. The second-order valence-corrected chi connectivity index (χ2v) is 7.91. The molecule has 0 aliphatic heterocycles. The predicted molar refractivity (Wildman–Crippen MR) is 138 cm³/mol. The summed E-state index contributed by atoms with van der Waals surface area (Å²) in [5.74, 6) is -1.04. The van der Waals surface area contributed by atoms with Crippen LogP contribution in [0.25, 0.3) is 6.08 Å². The summed E-state index contributed by atoms with van der Waals surface area (Å²) in [6.45, 7) is 5.98. The molecule has 0 atom stereocenters. The van der Waals surface area contributed by atoms with Crippen LogP contribution < -0.4 is 15.6 Å². The smallest absolute Gasteiger partial charge is 0.287 e. The highest BCUT2D eigenvalue weighted by Crippen LogP contribution is 2.18. The fraction of sp³-hybridized carbons (Fsp3) is 0.192. The fourth-order valence-corrected chi connectivity index (χ4v) is 3.58. The molecule has 2 N–H and O–H groups in total. The Morgan fingerprint density at radius 3 is 2.35 bits per heavy atom. The number of anilines is 1. The zero-order chi connectivity index (χ0) is 24.5. The molecular formula is C26H28ClN5O2. The lowest BCUT2D eigenvalue weighted by Crippen LogP contribution is -2.33. The van der Waals surface area contributed by atoms with E-state index in [1.807, 2.05) is 54.2 Å². The van der Waals surface area contributed by atoms with E-state index in [1.165, 1.54) is 6.21 Å². The second-order valence-electron chi connectivity index (χ2n) is 7.50. The van der Waals surface area contributed by atoms with E-state index in [-0.39, 0.29) is 11.3 Å². The van der Waals surface area contributed by atoms with Crippen molar-refractivity contribution in [3.8, 4) is 0 Å². The Hall–Kier alpha value is -3.84. The quantitative estimate of drug-likeness (QED) is 0.271. The van der Waals surface area contributed by atoms with Gasteiger partial charge in [-0.1, -0.05) is 35.9 Å². The Balaban J connectivity index is 1.85. The molecule has 1 aromatic heterocycles. The molecule has 2 amide bonds. The molecule has 0 spiro atoms. The van der Waals surface area contributed by atoms with Crippen LogP contribution in [0.2, 0.25) is 5.02 Å². The van der Waals surface area contributed by atoms with Crippen molar-refractivity contribution >= 4 is 41.4 Å². The third-order valence-electron chi connectivity index (χ3n) is 5.29. The highest BCUT2D eigenvalue weighted by atomic mass is 35.5. The molecule has 0 bridgehead atoms. The minimum Gasteiger partial charge on any atom is -0.372 e. The van der Waals surface area contributed by atoms with Gasteiger partial charge in [-0.15, -0.1) is 0 Å². The van der Waals surface area contributed by atoms with Crippen molar-refractivity contribution in [2.45, 2.75) is 13.8 Å². The predicted octanol–water partition coefficient (Wildman–Crippen LogP) is 4.45. The van der Waals surface area contributed by atoms with Crippen LogP contribution in [0.5, 0.6) is 0 Å². The van der Waals surface area contributed by atoms with Crippen molar-refractivity contribution in [2.24, 2.45) is 12.1 Å². The molecule has 8 heteroatoms. The summed E-state index contributed by atoms with van der Waals surface area (Å²) in [7, 11) is 1.88. The van der Waals surface area contributed by atoms with Crippen molar-refractivity contribution in [3.05, 3.63) is 94.4 Å². The highest BCUT2D eigenvalue weighted by Gasteiger charge is 2.16. The van der Waals surface area contributed by atoms with Crippen molar-refractivity contribution in [1.29, 1.82) is 0 Å². The molecule has 176 valence electrons. The summed E-state index contributed by atoms with van der Waals surface area (Å²) in [4.78, 5) is 28.0. The van der Waals surface area contributed by atoms with Crippen molar-refractivity contribution in [1.82, 2.24) is 15.3 Å². The van der Waals surface area contributed by atoms with Crippen LogP contribution >= 0.6 is 11.6 Å². The summed E-state index contributed by atoms with van der Waals surface area (Å²) in [5.41, 5.74) is 5.45. The zero-order valence-corrected chi connectivity index (χ0v) is 20.2. The number of carbonyl (C=O) groups excluding carboxylic acids is 2. The van der Waals surface area contributed by atoms with E-state index in [1.54, 1.807) is 30.3 Å². The van der Waals surface area contributed by atoms with Gasteiger partial charge in [0.25, 0.3) is 11.8 Å². The van der Waals surface area contributed by atoms with Gasteiger partial charge in [0.05, 0.1) is 22.5 Å². The SMILES string of the molecule is CCN(CC)c1ccc(/C=C(/NC(=O)c2ccccc2Cl)C(=O)N/N=C\c2cccn2C)cc1. The lowest BCUT2D eigenvalue weighted by molar-refractivity contribution is -0.117. The van der Waals surface area contributed by atoms with Gasteiger partial charge >= 0.3 is 0 Å². The molecule has 34 heavy (non-hydrogen) atoms. The van der Waals surface area contributed by atoms with Crippen molar-refractivity contribution in [2.75, 3.05) is 18.0 Å². The summed E-state index contributed by atoms with van der Waals surface area (Å²) in [6.07, 6.45) is 5.01. The number of rotatable bonds is 9. The Morgan fingerprint density at radius 2 is 1.74 bits per heavy atom. The lowest BCUT2D eigenvalue weighted by Gasteiger charge is -2.21. The number of aryl methyl sites for hydroxylation is 1. The number of nitrogens with zero attached hydrogens (tertiary/aromatic N) is 3. The highest BCUT2D eigenvalue weighted by molar-refractivity contribution is 6.34. The third-order valence-corrected chi connectivity index (χ3v) is 5.62. The van der Waals surface area contributed by atoms with E-state index < -0.39 is 11.8 Å². The van der Waals surface area contributed by atoms with E-state index in [4.69, 9.17) is 11.6 Å². The van der Waals surface area contributed by atoms with E-state index in [0.717, 1.165) is 30.0 Å². The summed E-state index contributed by atoms with van der Waals surface area (Å²) >= 11 is 6.16. The molecule has 1 heterocycles. The van der Waals surface area contributed by atoms with E-state index in [0.29, 0.717) is 5.02 Å². The normalized spacial score (nSPS) is 11.5. The average molecular weight is 478 g/mol. The molecule has 0 fully saturated rings. The van der Waals surface area contributed by atoms with Crippen LogP contribution in [0.15, 0.2) is 77.7 Å². The molecule has 0 radical (unpaired) electrons. The van der Waals surface area contributed by atoms with Crippen LogP contribution in [0.4, 0.5) is 5.69 Å². The fourth-order valence-electron chi connectivity index (χ4n) is 3.36. The first-order valence-electron chi connectivity index (χ1n) is 11.0. The Labute approximate surface area is 204 Å². The number of carbonyl (C=O) groups is 2. The van der Waals surface area contributed by atoms with Crippen LogP contribution in [-0.4, -0.2) is 35.7 Å². The van der Waals surface area contributed by atoms with Gasteiger partial charge < -0.3 is 14.8 Å². The summed E-state index contributed by atoms with van der Waals surface area (Å²) in [6, 6.07) is 18.2. The number of hydrogen-bond donors (Lipinski definition) is 2. The monoisotopic (exact) mass is 477 g/mol. The van der Waals surface area contributed by atoms with Crippen molar-refractivity contribution < 1.29 is 9.59 Å². The van der Waals surface area contributed by atoms with E-state index >= 15 is 0 Å². The second kappa shape index (κ2) is 11.9. The number of aromatic nitrogens is 1. The van der Waals surface area contributed by atoms with Crippen molar-refractivity contribution in [3.63, 3.8) is 0 Å². The molecular weight excluding hydrogens is 450 g/mol. The number of hydrogen-bond acceptors (Lipinski definition) is 4. The van der Waals surface area contributed by atoms with E-state index in [9.17, 15) is 9.59 Å². The Morgan fingerprint density at radius 1 is 1.03 bits per heavy atom. The van der Waals surface area contributed by atoms with Gasteiger partial charge in [0, 0.05) is 32.0 Å². The molecule has 0 saturated carbocycles. The number of nitrogens with one attached hydrogen (secondary N) is 2. The molecule has 7 nitrogen and oxygen atoms in total. The van der Waals surface area contributed by atoms with Gasteiger partial charge in [-0.25, -0.2) is 5.43 Å². The minimum absolute atomic E-state index is 0.0459. The van der Waals surface area contributed by atoms with Crippen LogP contribution in [-0.2, 0) is 11.8 Å². The maximum absolute atomic E-state index is 12.9. The van der Waals surface area contributed by atoms with Crippen LogP contribution in [0.1, 0.15) is 35.5 Å². The largest absolute Gasteiger partial charge is 0.372 e. The summed E-state index contributed by atoms with van der Waals surface area (Å²) < 4.78 is 1.86. The number of halogens is 1. The lowest BCUT2D eigenvalue weighted by atomic mass is 10.1. The average Bonchev–Trinajstić information content (AvgIpc) is 3.25. The van der Waals surface area contributed by atoms with Gasteiger partial charge in [-0.3, -0.25) is 9.59 Å². The number of hydrazone groups is 1. The van der Waals surface area contributed by atoms with Crippen LogP contribution in [0, 0.1) is 0 Å². The molecule has 3 rings (SSSR count). The Bertz CT molecular complexity index is 1190. The maximum atomic E-state index is 12.9. The maximum Gasteiger partial charge on any atom is 0.287 e. The molecule has 3 aromatic rings. The van der Waals surface area contributed by atoms with Gasteiger partial charge in [0.1, 0.15) is 5.70 Å². The number of amides is 2. The zero-order valence-electron chi connectivity index (χ0n) is 19.5. The first kappa shape index (κ1) is 24.8. The topological polar surface area (TPSA) is 78.7 Å². The standard InChI is InChI=1S/C26H28ClN5O2/c1-4-32(5-2)20-14-12-19(13-15-20)17-24(29-25(33)22-10-6-7-11-23(22)27)26(34)30-28-18-21-9-8-16-31(21)3/h6-18H,4-5H2,1-3H3,(H,29,33)(H,30,34)/b24-17+,28-18-. The molecule has 0 unspecified atom stereocenters. The van der Waals surface area contributed by atoms with Gasteiger partial charge in [-0.05, 0) is 61.9 Å². The third kappa shape index (κ3) is 6.36. The van der Waals surface area contributed by atoms with Gasteiger partial charge in [0.15, 0.2) is 0 Å². The van der Waals surface area contributed by atoms with E-state index in [2.05, 4.69) is 34.6 Å². The van der Waals surface area contributed by atoms with Crippen LogP contribution in [0.3, 0.4) is 0 Å². The first-order chi connectivity index (χ1) is 16.4.